The first kappa shape index (κ1) is 13.8. The molecule has 0 amide bonds. The average molecular weight is 269 g/mol. The van der Waals surface area contributed by atoms with Crippen LogP contribution in [0.25, 0.3) is 0 Å². The molecule has 100 valence electrons. The van der Waals surface area contributed by atoms with Crippen molar-refractivity contribution in [3.05, 3.63) is 29.0 Å². The highest BCUT2D eigenvalue weighted by Gasteiger charge is 2.41. The van der Waals surface area contributed by atoms with Crippen molar-refractivity contribution in [1.82, 2.24) is 9.88 Å². The fourth-order valence-electron chi connectivity index (χ4n) is 2.90. The first-order valence-corrected chi connectivity index (χ1v) is 6.90. The van der Waals surface area contributed by atoms with Crippen molar-refractivity contribution in [2.75, 3.05) is 20.6 Å². The fraction of sp³-hybridized carbons (Fsp3) is 0.643. The van der Waals surface area contributed by atoms with Crippen LogP contribution in [0.5, 0.6) is 0 Å². The number of aromatic nitrogens is 1. The Bertz CT molecular complexity index is 411. The zero-order valence-corrected chi connectivity index (χ0v) is 11.8. The van der Waals surface area contributed by atoms with Gasteiger partial charge in [0.1, 0.15) is 10.8 Å². The summed E-state index contributed by atoms with van der Waals surface area (Å²) in [6.07, 6.45) is 4.05. The Kier molecular flexibility index (Phi) is 4.25. The van der Waals surface area contributed by atoms with Crippen molar-refractivity contribution < 1.29 is 5.11 Å². The van der Waals surface area contributed by atoms with Gasteiger partial charge < -0.3 is 10.0 Å². The summed E-state index contributed by atoms with van der Waals surface area (Å²) in [6, 6.07) is 5.50. The first-order chi connectivity index (χ1) is 8.52. The van der Waals surface area contributed by atoms with Gasteiger partial charge in [0.2, 0.25) is 0 Å². The van der Waals surface area contributed by atoms with Gasteiger partial charge in [-0.15, -0.1) is 0 Å². The molecule has 4 heteroatoms. The van der Waals surface area contributed by atoms with Crippen LogP contribution in [0.15, 0.2) is 18.2 Å². The van der Waals surface area contributed by atoms with Crippen LogP contribution >= 0.6 is 11.6 Å². The van der Waals surface area contributed by atoms with Crippen molar-refractivity contribution in [3.63, 3.8) is 0 Å². The molecule has 0 radical (unpaired) electrons. The minimum atomic E-state index is -0.826. The number of hydrogen-bond donors (Lipinski definition) is 1. The second-order valence-corrected chi connectivity index (χ2v) is 5.86. The summed E-state index contributed by atoms with van der Waals surface area (Å²) in [4.78, 5) is 6.45. The van der Waals surface area contributed by atoms with E-state index in [0.29, 0.717) is 5.15 Å². The lowest BCUT2D eigenvalue weighted by molar-refractivity contribution is -0.0652. The molecular weight excluding hydrogens is 248 g/mol. The molecule has 0 spiro atoms. The molecular formula is C14H21ClN2O. The van der Waals surface area contributed by atoms with Gasteiger partial charge in [0.25, 0.3) is 0 Å². The van der Waals surface area contributed by atoms with Gasteiger partial charge in [-0.3, -0.25) is 0 Å². The van der Waals surface area contributed by atoms with Gasteiger partial charge in [-0.1, -0.05) is 30.5 Å². The van der Waals surface area contributed by atoms with Crippen LogP contribution in [-0.2, 0) is 5.60 Å². The Labute approximate surface area is 114 Å². The van der Waals surface area contributed by atoms with Gasteiger partial charge >= 0.3 is 0 Å². The number of pyridine rings is 1. The molecule has 0 bridgehead atoms. The van der Waals surface area contributed by atoms with E-state index >= 15 is 0 Å². The van der Waals surface area contributed by atoms with E-state index < -0.39 is 5.60 Å². The molecule has 1 fully saturated rings. The standard InChI is InChI=1S/C14H21ClN2O/c1-17(2)10-11-6-3-4-9-14(11,18)12-7-5-8-13(15)16-12/h5,7-8,11,18H,3-4,6,9-10H2,1-2H3/t11-,14-/m1/s1. The van der Waals surface area contributed by atoms with Crippen molar-refractivity contribution in [2.24, 2.45) is 5.92 Å². The summed E-state index contributed by atoms with van der Waals surface area (Å²) in [7, 11) is 4.08. The largest absolute Gasteiger partial charge is 0.383 e. The maximum atomic E-state index is 11.0. The van der Waals surface area contributed by atoms with Crippen molar-refractivity contribution in [1.29, 1.82) is 0 Å². The number of aliphatic hydroxyl groups is 1. The molecule has 2 atom stereocenters. The van der Waals surface area contributed by atoms with E-state index in [4.69, 9.17) is 11.6 Å². The van der Waals surface area contributed by atoms with Crippen LogP contribution in [0, 0.1) is 5.92 Å². The van der Waals surface area contributed by atoms with E-state index in [1.54, 1.807) is 6.07 Å². The normalized spacial score (nSPS) is 28.6. The van der Waals surface area contributed by atoms with Gasteiger partial charge in [0.05, 0.1) is 5.69 Å². The lowest BCUT2D eigenvalue weighted by Gasteiger charge is -2.40. The summed E-state index contributed by atoms with van der Waals surface area (Å²) in [5.41, 5.74) is -0.102. The molecule has 0 unspecified atom stereocenters. The van der Waals surface area contributed by atoms with Gasteiger partial charge in [-0.2, -0.15) is 0 Å². The summed E-state index contributed by atoms with van der Waals surface area (Å²) in [6.45, 7) is 0.880. The molecule has 1 aromatic rings. The van der Waals surface area contributed by atoms with Crippen LogP contribution in [0.4, 0.5) is 0 Å². The monoisotopic (exact) mass is 268 g/mol. The Hall–Kier alpha value is -0.640. The van der Waals surface area contributed by atoms with E-state index in [0.717, 1.165) is 31.5 Å². The van der Waals surface area contributed by atoms with Crippen LogP contribution in [0.3, 0.4) is 0 Å². The number of nitrogens with zero attached hydrogens (tertiary/aromatic N) is 2. The highest BCUT2D eigenvalue weighted by atomic mass is 35.5. The fourth-order valence-corrected chi connectivity index (χ4v) is 3.06. The SMILES string of the molecule is CN(C)C[C@H]1CCCC[C@]1(O)c1cccc(Cl)n1. The molecule has 1 aromatic heterocycles. The predicted molar refractivity (Wildman–Crippen MR) is 73.7 cm³/mol. The maximum Gasteiger partial charge on any atom is 0.129 e. The molecule has 2 rings (SSSR count). The number of hydrogen-bond acceptors (Lipinski definition) is 3. The van der Waals surface area contributed by atoms with Crippen molar-refractivity contribution in [3.8, 4) is 0 Å². The quantitative estimate of drug-likeness (QED) is 0.857. The van der Waals surface area contributed by atoms with Crippen LogP contribution in [-0.4, -0.2) is 35.6 Å². The lowest BCUT2D eigenvalue weighted by atomic mass is 9.73. The molecule has 0 aliphatic heterocycles. The smallest absolute Gasteiger partial charge is 0.129 e. The molecule has 1 aliphatic carbocycles. The van der Waals surface area contributed by atoms with Gasteiger partial charge in [0, 0.05) is 12.5 Å². The third kappa shape index (κ3) is 2.85. The Balaban J connectivity index is 2.29. The topological polar surface area (TPSA) is 36.4 Å². The van der Waals surface area contributed by atoms with Crippen molar-refractivity contribution in [2.45, 2.75) is 31.3 Å². The highest BCUT2D eigenvalue weighted by Crippen LogP contribution is 2.41. The molecule has 0 saturated heterocycles. The lowest BCUT2D eigenvalue weighted by Crippen LogP contribution is -2.43. The number of halogens is 1. The molecule has 1 saturated carbocycles. The highest BCUT2D eigenvalue weighted by molar-refractivity contribution is 6.29. The Morgan fingerprint density at radius 1 is 1.44 bits per heavy atom. The Morgan fingerprint density at radius 3 is 2.89 bits per heavy atom. The minimum absolute atomic E-state index is 0.229. The van der Waals surface area contributed by atoms with Crippen LogP contribution in [0.1, 0.15) is 31.4 Å². The van der Waals surface area contributed by atoms with Gasteiger partial charge in [-0.05, 0) is 39.1 Å². The van der Waals surface area contributed by atoms with Gasteiger partial charge in [-0.25, -0.2) is 4.98 Å². The van der Waals surface area contributed by atoms with Crippen LogP contribution < -0.4 is 0 Å². The van der Waals surface area contributed by atoms with E-state index in [1.165, 1.54) is 6.42 Å². The Morgan fingerprint density at radius 2 is 2.22 bits per heavy atom. The third-order valence-electron chi connectivity index (χ3n) is 3.78. The van der Waals surface area contributed by atoms with Crippen LogP contribution in [0.2, 0.25) is 5.15 Å². The van der Waals surface area contributed by atoms with Gasteiger partial charge in [0.15, 0.2) is 0 Å². The zero-order valence-electron chi connectivity index (χ0n) is 11.1. The van der Waals surface area contributed by atoms with E-state index in [1.807, 2.05) is 26.2 Å². The predicted octanol–water partition coefficient (Wildman–Crippen LogP) is 2.67. The second kappa shape index (κ2) is 5.55. The molecule has 1 N–H and O–H groups in total. The molecule has 3 nitrogen and oxygen atoms in total. The molecule has 1 aliphatic rings. The summed E-state index contributed by atoms with van der Waals surface area (Å²) >= 11 is 5.95. The number of rotatable bonds is 3. The first-order valence-electron chi connectivity index (χ1n) is 6.52. The average Bonchev–Trinajstić information content (AvgIpc) is 2.32. The third-order valence-corrected chi connectivity index (χ3v) is 3.99. The second-order valence-electron chi connectivity index (χ2n) is 5.47. The molecule has 18 heavy (non-hydrogen) atoms. The van der Waals surface area contributed by atoms with E-state index in [9.17, 15) is 5.11 Å². The maximum absolute atomic E-state index is 11.0. The van der Waals surface area contributed by atoms with E-state index in [2.05, 4.69) is 9.88 Å². The van der Waals surface area contributed by atoms with E-state index in [-0.39, 0.29) is 5.92 Å². The summed E-state index contributed by atoms with van der Waals surface area (Å²) in [5.74, 6) is 0.229. The molecule has 0 aromatic carbocycles. The van der Waals surface area contributed by atoms with Crippen molar-refractivity contribution >= 4 is 11.6 Å². The zero-order chi connectivity index (χ0) is 13.2. The summed E-state index contributed by atoms with van der Waals surface area (Å²) < 4.78 is 0. The summed E-state index contributed by atoms with van der Waals surface area (Å²) in [5, 5.41) is 11.5. The minimum Gasteiger partial charge on any atom is -0.383 e. The molecule has 1 heterocycles.